The SMILES string of the molecule is CC1NNC(NC(=O)c2ccc(=O)n(CC3CCC(Cl)CC3)c2)S1. The van der Waals surface area contributed by atoms with Crippen molar-refractivity contribution in [2.75, 3.05) is 0 Å². The van der Waals surface area contributed by atoms with Gasteiger partial charge in [0.25, 0.3) is 11.5 Å². The van der Waals surface area contributed by atoms with E-state index in [0.717, 1.165) is 25.7 Å². The van der Waals surface area contributed by atoms with Crippen LogP contribution in [0.3, 0.4) is 0 Å². The van der Waals surface area contributed by atoms with Gasteiger partial charge in [0.1, 0.15) is 5.50 Å². The molecular formula is C16H23ClN4O2S. The summed E-state index contributed by atoms with van der Waals surface area (Å²) in [5, 5.41) is 3.40. The Morgan fingerprint density at radius 2 is 2.08 bits per heavy atom. The van der Waals surface area contributed by atoms with E-state index >= 15 is 0 Å². The predicted molar refractivity (Wildman–Crippen MR) is 96.9 cm³/mol. The number of alkyl halides is 1. The first kappa shape index (κ1) is 17.8. The quantitative estimate of drug-likeness (QED) is 0.705. The van der Waals surface area contributed by atoms with Crippen molar-refractivity contribution < 1.29 is 4.79 Å². The molecular weight excluding hydrogens is 348 g/mol. The monoisotopic (exact) mass is 370 g/mol. The number of carbonyl (C=O) groups excluding carboxylic acids is 1. The minimum Gasteiger partial charge on any atom is -0.327 e. The van der Waals surface area contributed by atoms with Gasteiger partial charge in [-0.15, -0.1) is 23.4 Å². The van der Waals surface area contributed by atoms with Gasteiger partial charge in [-0.05, 0) is 44.6 Å². The number of aromatic nitrogens is 1. The topological polar surface area (TPSA) is 75.2 Å². The minimum atomic E-state index is -0.186. The number of pyridine rings is 1. The molecule has 2 fully saturated rings. The molecule has 2 atom stereocenters. The van der Waals surface area contributed by atoms with Crippen molar-refractivity contribution in [3.63, 3.8) is 0 Å². The average molecular weight is 371 g/mol. The fourth-order valence-electron chi connectivity index (χ4n) is 3.13. The molecule has 1 amide bonds. The maximum absolute atomic E-state index is 12.4. The van der Waals surface area contributed by atoms with Gasteiger partial charge < -0.3 is 9.88 Å². The van der Waals surface area contributed by atoms with Crippen molar-refractivity contribution in [2.45, 2.75) is 55.4 Å². The van der Waals surface area contributed by atoms with E-state index in [1.165, 1.54) is 6.07 Å². The van der Waals surface area contributed by atoms with E-state index in [1.54, 1.807) is 28.6 Å². The van der Waals surface area contributed by atoms with Crippen LogP contribution in [-0.2, 0) is 6.54 Å². The van der Waals surface area contributed by atoms with E-state index in [9.17, 15) is 9.59 Å². The Hall–Kier alpha value is -1.02. The van der Waals surface area contributed by atoms with E-state index in [2.05, 4.69) is 16.2 Å². The maximum Gasteiger partial charge on any atom is 0.254 e. The molecule has 2 unspecified atom stereocenters. The van der Waals surface area contributed by atoms with Crippen LogP contribution in [0, 0.1) is 5.92 Å². The molecule has 24 heavy (non-hydrogen) atoms. The van der Waals surface area contributed by atoms with E-state index in [-0.39, 0.29) is 27.7 Å². The number of thioether (sulfide) groups is 1. The van der Waals surface area contributed by atoms with Gasteiger partial charge in [-0.1, -0.05) is 0 Å². The highest BCUT2D eigenvalue weighted by Crippen LogP contribution is 2.28. The Kier molecular flexibility index (Phi) is 5.86. The molecule has 1 saturated carbocycles. The Morgan fingerprint density at radius 3 is 2.75 bits per heavy atom. The van der Waals surface area contributed by atoms with Gasteiger partial charge in [-0.25, -0.2) is 10.9 Å². The molecule has 132 valence electrons. The van der Waals surface area contributed by atoms with Crippen molar-refractivity contribution in [1.29, 1.82) is 0 Å². The van der Waals surface area contributed by atoms with Crippen molar-refractivity contribution in [2.24, 2.45) is 5.92 Å². The number of halogens is 1. The van der Waals surface area contributed by atoms with Crippen LogP contribution >= 0.6 is 23.4 Å². The molecule has 0 aromatic carbocycles. The molecule has 1 aromatic heterocycles. The van der Waals surface area contributed by atoms with Crippen molar-refractivity contribution in [3.05, 3.63) is 34.2 Å². The Bertz CT molecular complexity index is 645. The van der Waals surface area contributed by atoms with E-state index in [1.807, 2.05) is 6.92 Å². The molecule has 1 aromatic rings. The van der Waals surface area contributed by atoms with Gasteiger partial charge in [-0.2, -0.15) is 0 Å². The third kappa shape index (κ3) is 4.53. The van der Waals surface area contributed by atoms with Crippen molar-refractivity contribution >= 4 is 29.3 Å². The lowest BCUT2D eigenvalue weighted by Gasteiger charge is -2.25. The highest BCUT2D eigenvalue weighted by Gasteiger charge is 2.23. The molecule has 3 rings (SSSR count). The van der Waals surface area contributed by atoms with Crippen LogP contribution in [0.2, 0.25) is 0 Å². The van der Waals surface area contributed by atoms with Crippen LogP contribution in [0.5, 0.6) is 0 Å². The van der Waals surface area contributed by atoms with Crippen molar-refractivity contribution in [3.8, 4) is 0 Å². The third-order valence-corrected chi connectivity index (χ3v) is 5.97. The second-order valence-corrected chi connectivity index (χ2v) is 8.51. The van der Waals surface area contributed by atoms with E-state index in [4.69, 9.17) is 11.6 Å². The summed E-state index contributed by atoms with van der Waals surface area (Å²) in [7, 11) is 0. The second kappa shape index (κ2) is 7.91. The smallest absolute Gasteiger partial charge is 0.254 e. The summed E-state index contributed by atoms with van der Waals surface area (Å²) >= 11 is 7.73. The number of carbonyl (C=O) groups is 1. The number of nitrogens with one attached hydrogen (secondary N) is 3. The fourth-order valence-corrected chi connectivity index (χ4v) is 4.24. The lowest BCUT2D eigenvalue weighted by molar-refractivity contribution is 0.0943. The zero-order valence-electron chi connectivity index (χ0n) is 13.6. The first-order chi connectivity index (χ1) is 11.5. The molecule has 0 radical (unpaired) electrons. The van der Waals surface area contributed by atoms with Gasteiger partial charge in [0.2, 0.25) is 0 Å². The average Bonchev–Trinajstić information content (AvgIpc) is 2.96. The highest BCUT2D eigenvalue weighted by molar-refractivity contribution is 8.00. The van der Waals surface area contributed by atoms with E-state index in [0.29, 0.717) is 18.0 Å². The largest absolute Gasteiger partial charge is 0.327 e. The van der Waals surface area contributed by atoms with Crippen LogP contribution in [0.4, 0.5) is 0 Å². The van der Waals surface area contributed by atoms with Gasteiger partial charge in [0, 0.05) is 24.2 Å². The second-order valence-electron chi connectivity index (χ2n) is 6.45. The van der Waals surface area contributed by atoms with E-state index < -0.39 is 0 Å². The summed E-state index contributed by atoms with van der Waals surface area (Å²) in [5.41, 5.74) is 6.30. The zero-order chi connectivity index (χ0) is 17.1. The van der Waals surface area contributed by atoms with Crippen LogP contribution in [-0.4, -0.2) is 26.7 Å². The summed E-state index contributed by atoms with van der Waals surface area (Å²) < 4.78 is 1.66. The van der Waals surface area contributed by atoms with Crippen LogP contribution in [0.1, 0.15) is 43.0 Å². The lowest BCUT2D eigenvalue weighted by Crippen LogP contribution is -2.43. The van der Waals surface area contributed by atoms with Gasteiger partial charge in [0.15, 0.2) is 0 Å². The standard InChI is InChI=1S/C16H23ClN4O2S/c1-10-19-20-16(24-10)18-15(23)12-4-7-14(22)21(9-12)8-11-2-5-13(17)6-3-11/h4,7,9-11,13,16,19-20H,2-3,5-6,8H2,1H3,(H,18,23). The number of rotatable bonds is 4. The molecule has 8 heteroatoms. The number of nitrogens with zero attached hydrogens (tertiary/aromatic N) is 1. The summed E-state index contributed by atoms with van der Waals surface area (Å²) in [6.07, 6.45) is 5.72. The lowest BCUT2D eigenvalue weighted by atomic mass is 9.89. The summed E-state index contributed by atoms with van der Waals surface area (Å²) in [5.74, 6) is 0.266. The number of hydrogen-bond acceptors (Lipinski definition) is 5. The fraction of sp³-hybridized carbons (Fsp3) is 0.625. The van der Waals surface area contributed by atoms with Gasteiger partial charge in [-0.3, -0.25) is 9.59 Å². The summed E-state index contributed by atoms with van der Waals surface area (Å²) in [6, 6.07) is 3.05. The first-order valence-corrected chi connectivity index (χ1v) is 9.71. The molecule has 1 aliphatic carbocycles. The molecule has 6 nitrogen and oxygen atoms in total. The number of amides is 1. The summed E-state index contributed by atoms with van der Waals surface area (Å²) in [4.78, 5) is 24.5. The van der Waals surface area contributed by atoms with Gasteiger partial charge in [0.05, 0.1) is 10.9 Å². The molecule has 1 saturated heterocycles. The first-order valence-electron chi connectivity index (χ1n) is 8.33. The molecule has 2 heterocycles. The molecule has 0 bridgehead atoms. The number of hydrazine groups is 1. The molecule has 3 N–H and O–H groups in total. The Morgan fingerprint density at radius 1 is 1.33 bits per heavy atom. The maximum atomic E-state index is 12.4. The zero-order valence-corrected chi connectivity index (χ0v) is 15.2. The highest BCUT2D eigenvalue weighted by atomic mass is 35.5. The number of hydrogen-bond donors (Lipinski definition) is 3. The Labute approximate surface area is 150 Å². The van der Waals surface area contributed by atoms with Crippen LogP contribution in [0.15, 0.2) is 23.1 Å². The van der Waals surface area contributed by atoms with Gasteiger partial charge >= 0.3 is 0 Å². The molecule has 0 spiro atoms. The summed E-state index contributed by atoms with van der Waals surface area (Å²) in [6.45, 7) is 2.66. The van der Waals surface area contributed by atoms with Crippen molar-refractivity contribution in [1.82, 2.24) is 20.7 Å². The van der Waals surface area contributed by atoms with Crippen LogP contribution < -0.4 is 21.7 Å². The minimum absolute atomic E-state index is 0.0665. The molecule has 1 aliphatic heterocycles. The molecule has 2 aliphatic rings. The predicted octanol–water partition coefficient (Wildman–Crippen LogP) is 1.85. The Balaban J connectivity index is 1.64. The third-order valence-electron chi connectivity index (χ3n) is 4.50. The normalized spacial score (nSPS) is 30.2. The van der Waals surface area contributed by atoms with Crippen LogP contribution in [0.25, 0.3) is 0 Å².